The van der Waals surface area contributed by atoms with Crippen LogP contribution in [0.15, 0.2) is 22.7 Å². The average molecular weight is 314 g/mol. The fourth-order valence-electron chi connectivity index (χ4n) is 3.24. The second-order valence-corrected chi connectivity index (χ2v) is 7.32. The van der Waals surface area contributed by atoms with Gasteiger partial charge in [0.05, 0.1) is 0 Å². The first-order valence-corrected chi connectivity index (χ1v) is 7.32. The summed E-state index contributed by atoms with van der Waals surface area (Å²) in [7, 11) is 0. The summed E-state index contributed by atoms with van der Waals surface area (Å²) >= 11 is 3.43. The molecule has 1 aliphatic rings. The van der Waals surface area contributed by atoms with Gasteiger partial charge in [-0.05, 0) is 48.8 Å². The van der Waals surface area contributed by atoms with Gasteiger partial charge in [0.15, 0.2) is 0 Å². The standard InChI is InChI=1S/C15H21BrFN/c1-14(2)6-3-7-15(18,10-14)9-11-4-5-12(17)8-13(11)16/h4-5,8H,3,6-7,9-10,18H2,1-2H3. The highest BCUT2D eigenvalue weighted by molar-refractivity contribution is 9.10. The van der Waals surface area contributed by atoms with E-state index in [1.165, 1.54) is 25.0 Å². The monoisotopic (exact) mass is 313 g/mol. The Hall–Kier alpha value is -0.410. The summed E-state index contributed by atoms with van der Waals surface area (Å²) in [6.45, 7) is 4.57. The summed E-state index contributed by atoms with van der Waals surface area (Å²) < 4.78 is 13.9. The molecule has 1 aliphatic carbocycles. The Labute approximate surface area is 117 Å². The summed E-state index contributed by atoms with van der Waals surface area (Å²) in [5.74, 6) is -0.208. The first-order valence-electron chi connectivity index (χ1n) is 6.53. The molecular formula is C15H21BrFN. The summed E-state index contributed by atoms with van der Waals surface area (Å²) in [6.07, 6.45) is 5.33. The maximum atomic E-state index is 13.1. The van der Waals surface area contributed by atoms with Crippen LogP contribution in [0.3, 0.4) is 0 Å². The molecule has 1 fully saturated rings. The predicted octanol–water partition coefficient (Wildman–Crippen LogP) is 4.43. The molecule has 0 amide bonds. The minimum Gasteiger partial charge on any atom is -0.325 e. The van der Waals surface area contributed by atoms with Crippen molar-refractivity contribution in [3.63, 3.8) is 0 Å². The molecule has 0 spiro atoms. The molecule has 1 aromatic rings. The number of nitrogens with two attached hydrogens (primary N) is 1. The fourth-order valence-corrected chi connectivity index (χ4v) is 3.74. The molecule has 1 nitrogen and oxygen atoms in total. The number of benzene rings is 1. The van der Waals surface area contributed by atoms with E-state index in [9.17, 15) is 4.39 Å². The van der Waals surface area contributed by atoms with Gasteiger partial charge in [-0.3, -0.25) is 0 Å². The van der Waals surface area contributed by atoms with Crippen molar-refractivity contribution in [2.45, 2.75) is 51.5 Å². The maximum Gasteiger partial charge on any atom is 0.124 e. The van der Waals surface area contributed by atoms with Crippen LogP contribution in [0.5, 0.6) is 0 Å². The van der Waals surface area contributed by atoms with Crippen molar-refractivity contribution >= 4 is 15.9 Å². The molecule has 2 rings (SSSR count). The van der Waals surface area contributed by atoms with Gasteiger partial charge in [0.1, 0.15) is 5.82 Å². The number of rotatable bonds is 2. The Kier molecular flexibility index (Phi) is 3.84. The van der Waals surface area contributed by atoms with Gasteiger partial charge in [-0.2, -0.15) is 0 Å². The molecule has 2 N–H and O–H groups in total. The van der Waals surface area contributed by atoms with Crippen LogP contribution in [0.4, 0.5) is 4.39 Å². The highest BCUT2D eigenvalue weighted by Gasteiger charge is 2.37. The largest absolute Gasteiger partial charge is 0.325 e. The van der Waals surface area contributed by atoms with E-state index in [0.29, 0.717) is 5.41 Å². The van der Waals surface area contributed by atoms with Crippen LogP contribution >= 0.6 is 15.9 Å². The molecule has 0 aromatic heterocycles. The minimum atomic E-state index is -0.208. The van der Waals surface area contributed by atoms with E-state index >= 15 is 0 Å². The Morgan fingerprint density at radius 3 is 2.67 bits per heavy atom. The molecular weight excluding hydrogens is 293 g/mol. The quantitative estimate of drug-likeness (QED) is 0.859. The van der Waals surface area contributed by atoms with E-state index < -0.39 is 0 Å². The van der Waals surface area contributed by atoms with Crippen LogP contribution < -0.4 is 5.73 Å². The Morgan fingerprint density at radius 2 is 2.06 bits per heavy atom. The second-order valence-electron chi connectivity index (χ2n) is 6.47. The molecule has 18 heavy (non-hydrogen) atoms. The van der Waals surface area contributed by atoms with E-state index in [4.69, 9.17) is 5.73 Å². The molecule has 1 unspecified atom stereocenters. The van der Waals surface area contributed by atoms with Crippen molar-refractivity contribution < 1.29 is 4.39 Å². The lowest BCUT2D eigenvalue weighted by Crippen LogP contribution is -2.48. The summed E-state index contributed by atoms with van der Waals surface area (Å²) in [5.41, 5.74) is 7.84. The third-order valence-corrected chi connectivity index (χ3v) is 4.65. The summed E-state index contributed by atoms with van der Waals surface area (Å²) in [4.78, 5) is 0. The zero-order chi connectivity index (χ0) is 13.4. The molecule has 0 radical (unpaired) electrons. The van der Waals surface area contributed by atoms with Crippen molar-refractivity contribution in [2.75, 3.05) is 0 Å². The lowest BCUT2D eigenvalue weighted by atomic mass is 9.66. The van der Waals surface area contributed by atoms with Crippen LogP contribution in [0, 0.1) is 11.2 Å². The van der Waals surface area contributed by atoms with Crippen LogP contribution in [0.2, 0.25) is 0 Å². The molecule has 0 heterocycles. The second kappa shape index (κ2) is 4.93. The first-order chi connectivity index (χ1) is 8.30. The van der Waals surface area contributed by atoms with Crippen molar-refractivity contribution in [3.05, 3.63) is 34.1 Å². The van der Waals surface area contributed by atoms with Gasteiger partial charge >= 0.3 is 0 Å². The predicted molar refractivity (Wildman–Crippen MR) is 77.0 cm³/mol. The zero-order valence-electron chi connectivity index (χ0n) is 11.1. The Balaban J connectivity index is 2.17. The molecule has 1 atom stereocenters. The molecule has 0 saturated heterocycles. The van der Waals surface area contributed by atoms with Crippen LogP contribution in [0.1, 0.15) is 45.1 Å². The molecule has 0 bridgehead atoms. The highest BCUT2D eigenvalue weighted by atomic mass is 79.9. The van der Waals surface area contributed by atoms with Gasteiger partial charge in [-0.25, -0.2) is 4.39 Å². The van der Waals surface area contributed by atoms with E-state index in [-0.39, 0.29) is 11.4 Å². The van der Waals surface area contributed by atoms with Gasteiger partial charge in [-0.1, -0.05) is 42.3 Å². The minimum absolute atomic E-state index is 0.151. The molecule has 100 valence electrons. The van der Waals surface area contributed by atoms with Gasteiger partial charge in [0.25, 0.3) is 0 Å². The van der Waals surface area contributed by atoms with Gasteiger partial charge in [0, 0.05) is 10.0 Å². The summed E-state index contributed by atoms with van der Waals surface area (Å²) in [6, 6.07) is 4.87. The molecule has 1 aromatic carbocycles. The maximum absolute atomic E-state index is 13.1. The normalized spacial score (nSPS) is 27.2. The third-order valence-electron chi connectivity index (χ3n) is 3.92. The molecule has 1 saturated carbocycles. The summed E-state index contributed by atoms with van der Waals surface area (Å²) in [5, 5.41) is 0. The van der Waals surface area contributed by atoms with Crippen molar-refractivity contribution in [1.82, 2.24) is 0 Å². The van der Waals surface area contributed by atoms with E-state index in [2.05, 4.69) is 29.8 Å². The SMILES string of the molecule is CC1(C)CCCC(N)(Cc2ccc(F)cc2Br)C1. The Bertz CT molecular complexity index is 444. The number of hydrogen-bond donors (Lipinski definition) is 1. The molecule has 3 heteroatoms. The first kappa shape index (κ1) is 14.0. The third kappa shape index (κ3) is 3.33. The van der Waals surface area contributed by atoms with Crippen molar-refractivity contribution in [3.8, 4) is 0 Å². The number of hydrogen-bond acceptors (Lipinski definition) is 1. The van der Waals surface area contributed by atoms with Crippen LogP contribution in [-0.2, 0) is 6.42 Å². The van der Waals surface area contributed by atoms with Gasteiger partial charge in [0.2, 0.25) is 0 Å². The van der Waals surface area contributed by atoms with Gasteiger partial charge in [-0.15, -0.1) is 0 Å². The van der Waals surface area contributed by atoms with E-state index in [1.54, 1.807) is 0 Å². The average Bonchev–Trinajstić information content (AvgIpc) is 2.20. The smallest absolute Gasteiger partial charge is 0.124 e. The fraction of sp³-hybridized carbons (Fsp3) is 0.600. The topological polar surface area (TPSA) is 26.0 Å². The number of halogens is 2. The van der Waals surface area contributed by atoms with E-state index in [0.717, 1.165) is 29.3 Å². The lowest BCUT2D eigenvalue weighted by molar-refractivity contribution is 0.151. The van der Waals surface area contributed by atoms with Gasteiger partial charge < -0.3 is 5.73 Å². The van der Waals surface area contributed by atoms with Crippen molar-refractivity contribution in [1.29, 1.82) is 0 Å². The van der Waals surface area contributed by atoms with E-state index in [1.807, 2.05) is 6.07 Å². The van der Waals surface area contributed by atoms with Crippen LogP contribution in [-0.4, -0.2) is 5.54 Å². The lowest BCUT2D eigenvalue weighted by Gasteiger charge is -2.43. The zero-order valence-corrected chi connectivity index (χ0v) is 12.7. The van der Waals surface area contributed by atoms with Crippen molar-refractivity contribution in [2.24, 2.45) is 11.1 Å². The highest BCUT2D eigenvalue weighted by Crippen LogP contribution is 2.41. The van der Waals surface area contributed by atoms with Crippen LogP contribution in [0.25, 0.3) is 0 Å². The molecule has 0 aliphatic heterocycles. The Morgan fingerprint density at radius 1 is 1.33 bits per heavy atom.